The molecule has 0 atom stereocenters. The molecule has 1 fully saturated rings. The van der Waals surface area contributed by atoms with Crippen LogP contribution in [0.4, 0.5) is 14.6 Å². The van der Waals surface area contributed by atoms with E-state index in [-0.39, 0.29) is 5.82 Å². The summed E-state index contributed by atoms with van der Waals surface area (Å²) in [7, 11) is 0. The molecule has 0 bridgehead atoms. The van der Waals surface area contributed by atoms with Crippen LogP contribution >= 0.6 is 0 Å². The Kier molecular flexibility index (Phi) is 2.12. The highest BCUT2D eigenvalue weighted by Crippen LogP contribution is 2.20. The van der Waals surface area contributed by atoms with E-state index in [4.69, 9.17) is 0 Å². The molecule has 2 heterocycles. The molecule has 1 aliphatic rings. The molecule has 70 valence electrons. The standard InChI is InChI=1S/C9H10F2N2/c10-7-3-4-8(11)12-9(7)13-5-1-2-6-13/h3-4H,1-2,5-6H2. The molecule has 0 N–H and O–H groups in total. The molecule has 0 radical (unpaired) electrons. The minimum Gasteiger partial charge on any atom is -0.354 e. The maximum absolute atomic E-state index is 13.2. The summed E-state index contributed by atoms with van der Waals surface area (Å²) in [6, 6.07) is 2.16. The van der Waals surface area contributed by atoms with Gasteiger partial charge in [0.15, 0.2) is 11.6 Å². The van der Waals surface area contributed by atoms with E-state index in [2.05, 4.69) is 4.98 Å². The third-order valence-corrected chi connectivity index (χ3v) is 2.20. The second-order valence-electron chi connectivity index (χ2n) is 3.13. The number of halogens is 2. The molecule has 1 aliphatic heterocycles. The van der Waals surface area contributed by atoms with E-state index in [9.17, 15) is 8.78 Å². The first-order valence-corrected chi connectivity index (χ1v) is 4.34. The largest absolute Gasteiger partial charge is 0.354 e. The fourth-order valence-corrected chi connectivity index (χ4v) is 1.56. The molecule has 1 aromatic heterocycles. The second-order valence-corrected chi connectivity index (χ2v) is 3.13. The Morgan fingerprint density at radius 3 is 2.54 bits per heavy atom. The fraction of sp³-hybridized carbons (Fsp3) is 0.444. The molecule has 13 heavy (non-hydrogen) atoms. The smallest absolute Gasteiger partial charge is 0.214 e. The van der Waals surface area contributed by atoms with Crippen molar-refractivity contribution in [3.8, 4) is 0 Å². The molecule has 0 saturated carbocycles. The van der Waals surface area contributed by atoms with Crippen molar-refractivity contribution in [2.24, 2.45) is 0 Å². The zero-order chi connectivity index (χ0) is 9.26. The minimum atomic E-state index is -0.622. The fourth-order valence-electron chi connectivity index (χ4n) is 1.56. The monoisotopic (exact) mass is 184 g/mol. The van der Waals surface area contributed by atoms with Gasteiger partial charge in [-0.15, -0.1) is 0 Å². The highest BCUT2D eigenvalue weighted by molar-refractivity contribution is 5.40. The van der Waals surface area contributed by atoms with Crippen molar-refractivity contribution in [3.63, 3.8) is 0 Å². The third-order valence-electron chi connectivity index (χ3n) is 2.20. The van der Waals surface area contributed by atoms with Crippen LogP contribution in [0.25, 0.3) is 0 Å². The Balaban J connectivity index is 2.32. The van der Waals surface area contributed by atoms with Gasteiger partial charge in [0, 0.05) is 13.1 Å². The van der Waals surface area contributed by atoms with Crippen LogP contribution in [0, 0.1) is 11.8 Å². The molecule has 0 unspecified atom stereocenters. The summed E-state index contributed by atoms with van der Waals surface area (Å²) < 4.78 is 25.8. The average Bonchev–Trinajstić information content (AvgIpc) is 2.61. The lowest BCUT2D eigenvalue weighted by Crippen LogP contribution is -2.20. The summed E-state index contributed by atoms with van der Waals surface area (Å²) in [6.07, 6.45) is 2.05. The van der Waals surface area contributed by atoms with Crippen molar-refractivity contribution < 1.29 is 8.78 Å². The maximum Gasteiger partial charge on any atom is 0.214 e. The summed E-state index contributed by atoms with van der Waals surface area (Å²) in [5.41, 5.74) is 0. The number of pyridine rings is 1. The van der Waals surface area contributed by atoms with E-state index in [0.29, 0.717) is 0 Å². The van der Waals surface area contributed by atoms with Gasteiger partial charge in [-0.05, 0) is 25.0 Å². The zero-order valence-electron chi connectivity index (χ0n) is 7.13. The van der Waals surface area contributed by atoms with Crippen molar-refractivity contribution >= 4 is 5.82 Å². The SMILES string of the molecule is Fc1ccc(F)c(N2CCCC2)n1. The molecule has 1 saturated heterocycles. The van der Waals surface area contributed by atoms with Crippen LogP contribution in [0.2, 0.25) is 0 Å². The number of aromatic nitrogens is 1. The number of rotatable bonds is 1. The van der Waals surface area contributed by atoms with Gasteiger partial charge in [0.2, 0.25) is 5.95 Å². The molecule has 4 heteroatoms. The molecule has 0 aliphatic carbocycles. The van der Waals surface area contributed by atoms with Crippen molar-refractivity contribution in [2.75, 3.05) is 18.0 Å². The van der Waals surface area contributed by atoms with E-state index >= 15 is 0 Å². The van der Waals surface area contributed by atoms with Gasteiger partial charge in [-0.3, -0.25) is 0 Å². The van der Waals surface area contributed by atoms with E-state index in [0.717, 1.165) is 38.1 Å². The van der Waals surface area contributed by atoms with Gasteiger partial charge in [0.1, 0.15) is 0 Å². The van der Waals surface area contributed by atoms with Gasteiger partial charge in [-0.25, -0.2) is 4.39 Å². The molecule has 0 amide bonds. The first-order valence-electron chi connectivity index (χ1n) is 4.34. The van der Waals surface area contributed by atoms with Crippen LogP contribution in [-0.2, 0) is 0 Å². The Morgan fingerprint density at radius 2 is 1.85 bits per heavy atom. The first kappa shape index (κ1) is 8.41. The highest BCUT2D eigenvalue weighted by Gasteiger charge is 2.17. The number of anilines is 1. The maximum atomic E-state index is 13.2. The number of hydrogen-bond donors (Lipinski definition) is 0. The predicted octanol–water partition coefficient (Wildman–Crippen LogP) is 1.96. The van der Waals surface area contributed by atoms with Gasteiger partial charge in [0.05, 0.1) is 0 Å². The average molecular weight is 184 g/mol. The third kappa shape index (κ3) is 1.61. The second kappa shape index (κ2) is 3.28. The van der Waals surface area contributed by atoms with Crippen molar-refractivity contribution in [3.05, 3.63) is 23.9 Å². The Labute approximate surface area is 75.2 Å². The van der Waals surface area contributed by atoms with Gasteiger partial charge in [-0.1, -0.05) is 0 Å². The van der Waals surface area contributed by atoms with Crippen LogP contribution in [0.5, 0.6) is 0 Å². The quantitative estimate of drug-likeness (QED) is 0.620. The molecule has 2 nitrogen and oxygen atoms in total. The lowest BCUT2D eigenvalue weighted by atomic mass is 10.4. The van der Waals surface area contributed by atoms with Gasteiger partial charge in [0.25, 0.3) is 0 Å². The van der Waals surface area contributed by atoms with Crippen molar-refractivity contribution in [2.45, 2.75) is 12.8 Å². The molecule has 2 rings (SSSR count). The normalized spacial score (nSPS) is 16.6. The zero-order valence-corrected chi connectivity index (χ0v) is 7.13. The molecular formula is C9H10F2N2. The summed E-state index contributed by atoms with van der Waals surface area (Å²) in [5, 5.41) is 0. The van der Waals surface area contributed by atoms with E-state index in [1.165, 1.54) is 0 Å². The van der Waals surface area contributed by atoms with E-state index in [1.807, 2.05) is 0 Å². The van der Waals surface area contributed by atoms with Crippen LogP contribution < -0.4 is 4.90 Å². The number of hydrogen-bond acceptors (Lipinski definition) is 2. The van der Waals surface area contributed by atoms with E-state index in [1.54, 1.807) is 4.90 Å². The van der Waals surface area contributed by atoms with Crippen molar-refractivity contribution in [1.29, 1.82) is 0 Å². The number of nitrogens with zero attached hydrogens (tertiary/aromatic N) is 2. The summed E-state index contributed by atoms with van der Waals surface area (Å²) in [5.74, 6) is -0.913. The van der Waals surface area contributed by atoms with Gasteiger partial charge >= 0.3 is 0 Å². The highest BCUT2D eigenvalue weighted by atomic mass is 19.1. The first-order chi connectivity index (χ1) is 6.27. The lowest BCUT2D eigenvalue weighted by molar-refractivity contribution is 0.557. The van der Waals surface area contributed by atoms with E-state index < -0.39 is 11.8 Å². The lowest BCUT2D eigenvalue weighted by Gasteiger charge is -2.16. The topological polar surface area (TPSA) is 16.1 Å². The van der Waals surface area contributed by atoms with Crippen molar-refractivity contribution in [1.82, 2.24) is 4.98 Å². The Hall–Kier alpha value is -1.19. The predicted molar refractivity (Wildman–Crippen MR) is 45.6 cm³/mol. The molecule has 1 aromatic rings. The molecule has 0 aromatic carbocycles. The van der Waals surface area contributed by atoms with Crippen LogP contribution in [-0.4, -0.2) is 18.1 Å². The summed E-state index contributed by atoms with van der Waals surface area (Å²) in [4.78, 5) is 5.32. The summed E-state index contributed by atoms with van der Waals surface area (Å²) >= 11 is 0. The van der Waals surface area contributed by atoms with Crippen LogP contribution in [0.15, 0.2) is 12.1 Å². The van der Waals surface area contributed by atoms with Gasteiger partial charge in [-0.2, -0.15) is 9.37 Å². The molecular weight excluding hydrogens is 174 g/mol. The van der Waals surface area contributed by atoms with Gasteiger partial charge < -0.3 is 4.90 Å². The molecule has 0 spiro atoms. The van der Waals surface area contributed by atoms with Crippen LogP contribution in [0.1, 0.15) is 12.8 Å². The summed E-state index contributed by atoms with van der Waals surface area (Å²) in [6.45, 7) is 1.54. The Morgan fingerprint density at radius 1 is 1.15 bits per heavy atom. The minimum absolute atomic E-state index is 0.150. The van der Waals surface area contributed by atoms with Crippen LogP contribution in [0.3, 0.4) is 0 Å². The Bertz CT molecular complexity index is 308.